The monoisotopic (exact) mass is 529 g/mol. The highest BCUT2D eigenvalue weighted by molar-refractivity contribution is 6.31. The number of rotatable bonds is 4. The molecular weight excluding hydrogens is 497 g/mol. The van der Waals surface area contributed by atoms with Crippen molar-refractivity contribution in [3.63, 3.8) is 0 Å². The van der Waals surface area contributed by atoms with E-state index in [4.69, 9.17) is 23.2 Å². The van der Waals surface area contributed by atoms with Crippen molar-refractivity contribution in [1.82, 2.24) is 10.6 Å². The second kappa shape index (κ2) is 8.73. The Labute approximate surface area is 222 Å². The molecule has 192 valence electrons. The topological polar surface area (TPSA) is 90.5 Å². The minimum Gasteiger partial charge on any atom is -0.390 e. The van der Waals surface area contributed by atoms with Crippen LogP contribution in [-0.2, 0) is 15.0 Å². The van der Waals surface area contributed by atoms with Crippen molar-refractivity contribution < 1.29 is 14.7 Å². The van der Waals surface area contributed by atoms with Crippen LogP contribution in [0, 0.1) is 5.41 Å². The Morgan fingerprint density at radius 3 is 2.47 bits per heavy atom. The van der Waals surface area contributed by atoms with Crippen LogP contribution in [0.2, 0.25) is 10.0 Å². The molecule has 0 radical (unpaired) electrons. The number of halogens is 2. The molecule has 3 aliphatic rings. The zero-order valence-corrected chi connectivity index (χ0v) is 22.5. The summed E-state index contributed by atoms with van der Waals surface area (Å²) in [5.41, 5.74) is 0.432. The molecule has 2 amide bonds. The fourth-order valence-electron chi connectivity index (χ4n) is 6.52. The maximum atomic E-state index is 14.1. The average Bonchev–Trinajstić information content (AvgIpc) is 3.21. The Bertz CT molecular complexity index is 1220. The molecule has 2 aromatic carbocycles. The highest BCUT2D eigenvalue weighted by atomic mass is 35.5. The third-order valence-corrected chi connectivity index (χ3v) is 8.30. The molecule has 5 rings (SSSR count). The summed E-state index contributed by atoms with van der Waals surface area (Å²) in [6.07, 6.45) is 1.68. The Kier molecular flexibility index (Phi) is 6.19. The second-order valence-corrected chi connectivity index (χ2v) is 13.0. The zero-order valence-electron chi connectivity index (χ0n) is 21.0. The first-order valence-corrected chi connectivity index (χ1v) is 13.2. The molecule has 0 aromatic heterocycles. The van der Waals surface area contributed by atoms with E-state index in [1.807, 2.05) is 24.3 Å². The Morgan fingerprint density at radius 1 is 1.14 bits per heavy atom. The lowest BCUT2D eigenvalue weighted by atomic mass is 9.62. The molecule has 1 aliphatic carbocycles. The van der Waals surface area contributed by atoms with Gasteiger partial charge in [0.15, 0.2) is 0 Å². The van der Waals surface area contributed by atoms with Gasteiger partial charge in [0.2, 0.25) is 11.8 Å². The highest BCUT2D eigenvalue weighted by Gasteiger charge is 2.65. The largest absolute Gasteiger partial charge is 0.390 e. The van der Waals surface area contributed by atoms with E-state index in [-0.39, 0.29) is 29.3 Å². The molecule has 2 aliphatic heterocycles. The predicted molar refractivity (Wildman–Crippen MR) is 143 cm³/mol. The fraction of sp³-hybridized carbons (Fsp3) is 0.500. The predicted octanol–water partition coefficient (Wildman–Crippen LogP) is 4.77. The third-order valence-electron chi connectivity index (χ3n) is 7.83. The van der Waals surface area contributed by atoms with Crippen LogP contribution < -0.4 is 16.0 Å². The SMILES string of the molecule is CC(C)(C)C[C@H]1N[C@@H](C(=O)NC2CC(C)(O)C2)[C@H](c2cccc(Cl)c2)[C@@]12C(=O)Nc1cc(Cl)ccc12. The summed E-state index contributed by atoms with van der Waals surface area (Å²) in [6.45, 7) is 8.18. The summed E-state index contributed by atoms with van der Waals surface area (Å²) in [4.78, 5) is 27.9. The van der Waals surface area contributed by atoms with E-state index in [2.05, 4.69) is 36.7 Å². The summed E-state index contributed by atoms with van der Waals surface area (Å²) in [7, 11) is 0. The van der Waals surface area contributed by atoms with E-state index >= 15 is 0 Å². The van der Waals surface area contributed by atoms with Gasteiger partial charge in [0.1, 0.15) is 5.41 Å². The number of hydrogen-bond donors (Lipinski definition) is 4. The van der Waals surface area contributed by atoms with Crippen LogP contribution in [0.1, 0.15) is 64.0 Å². The maximum Gasteiger partial charge on any atom is 0.238 e. The summed E-state index contributed by atoms with van der Waals surface area (Å²) < 4.78 is 0. The molecule has 2 aromatic rings. The van der Waals surface area contributed by atoms with Crippen molar-refractivity contribution in [1.29, 1.82) is 0 Å². The minimum atomic E-state index is -1.04. The standard InChI is InChI=1S/C28H33Cl2N3O3/c1-26(2,3)14-21-28(19-9-8-17(30)11-20(19)32-25(28)35)22(15-6-5-7-16(29)10-15)23(33-21)24(34)31-18-12-27(4,36)13-18/h5-11,18,21-23,33,36H,12-14H2,1-4H3,(H,31,34)(H,32,35)/t18?,21-,22+,23-,27?,28+/m1/s1. The van der Waals surface area contributed by atoms with Gasteiger partial charge in [-0.1, -0.05) is 62.2 Å². The fourth-order valence-corrected chi connectivity index (χ4v) is 6.89. The molecular formula is C28H33Cl2N3O3. The number of hydrogen-bond acceptors (Lipinski definition) is 4. The minimum absolute atomic E-state index is 0.101. The van der Waals surface area contributed by atoms with E-state index in [9.17, 15) is 14.7 Å². The van der Waals surface area contributed by atoms with E-state index < -0.39 is 23.0 Å². The smallest absolute Gasteiger partial charge is 0.238 e. The van der Waals surface area contributed by atoms with Crippen LogP contribution in [0.4, 0.5) is 5.69 Å². The van der Waals surface area contributed by atoms with Gasteiger partial charge in [-0.3, -0.25) is 9.59 Å². The number of carbonyl (C=O) groups is 2. The first-order valence-electron chi connectivity index (χ1n) is 12.5. The number of nitrogens with one attached hydrogen (secondary N) is 3. The Hall–Kier alpha value is -2.12. The van der Waals surface area contributed by atoms with Crippen LogP contribution in [-0.4, -0.2) is 40.6 Å². The zero-order chi connectivity index (χ0) is 26.0. The molecule has 1 saturated heterocycles. The molecule has 1 saturated carbocycles. The first-order chi connectivity index (χ1) is 16.8. The third kappa shape index (κ3) is 4.32. The summed E-state index contributed by atoms with van der Waals surface area (Å²) in [6, 6.07) is 11.8. The van der Waals surface area contributed by atoms with Gasteiger partial charge in [-0.2, -0.15) is 0 Å². The van der Waals surface area contributed by atoms with E-state index in [0.29, 0.717) is 35.0 Å². The van der Waals surface area contributed by atoms with Gasteiger partial charge in [-0.25, -0.2) is 0 Å². The van der Waals surface area contributed by atoms with Crippen LogP contribution in [0.3, 0.4) is 0 Å². The number of fused-ring (bicyclic) bond motifs is 2. The lowest BCUT2D eigenvalue weighted by molar-refractivity contribution is -0.127. The number of amides is 2. The van der Waals surface area contributed by atoms with Crippen LogP contribution in [0.5, 0.6) is 0 Å². The summed E-state index contributed by atoms with van der Waals surface area (Å²) in [5, 5.41) is 21.1. The molecule has 4 atom stereocenters. The van der Waals surface area contributed by atoms with Crippen LogP contribution in [0.15, 0.2) is 42.5 Å². The van der Waals surface area contributed by atoms with Gasteiger partial charge in [-0.05, 0) is 67.0 Å². The normalized spacial score (nSPS) is 33.2. The summed E-state index contributed by atoms with van der Waals surface area (Å²) in [5.74, 6) is -0.827. The number of benzene rings is 2. The van der Waals surface area contributed by atoms with Crippen molar-refractivity contribution in [3.05, 3.63) is 63.6 Å². The van der Waals surface area contributed by atoms with Crippen molar-refractivity contribution in [2.75, 3.05) is 5.32 Å². The van der Waals surface area contributed by atoms with Gasteiger partial charge >= 0.3 is 0 Å². The average molecular weight is 530 g/mol. The first kappa shape index (κ1) is 25.5. The van der Waals surface area contributed by atoms with E-state index in [0.717, 1.165) is 11.1 Å². The Balaban J connectivity index is 1.66. The van der Waals surface area contributed by atoms with Crippen molar-refractivity contribution in [2.24, 2.45) is 5.41 Å². The molecule has 0 unspecified atom stereocenters. The van der Waals surface area contributed by atoms with E-state index in [1.54, 1.807) is 25.1 Å². The lowest BCUT2D eigenvalue weighted by Crippen LogP contribution is -2.57. The molecule has 2 fully saturated rings. The van der Waals surface area contributed by atoms with Crippen molar-refractivity contribution in [3.8, 4) is 0 Å². The highest BCUT2D eigenvalue weighted by Crippen LogP contribution is 2.56. The second-order valence-electron chi connectivity index (χ2n) is 12.1. The van der Waals surface area contributed by atoms with Crippen LogP contribution in [0.25, 0.3) is 0 Å². The molecule has 4 N–H and O–H groups in total. The Morgan fingerprint density at radius 2 is 1.83 bits per heavy atom. The molecule has 36 heavy (non-hydrogen) atoms. The number of carbonyl (C=O) groups excluding carboxylic acids is 2. The molecule has 8 heteroatoms. The van der Waals surface area contributed by atoms with E-state index in [1.165, 1.54) is 0 Å². The lowest BCUT2D eigenvalue weighted by Gasteiger charge is -2.42. The summed E-state index contributed by atoms with van der Waals surface area (Å²) >= 11 is 12.7. The molecule has 2 heterocycles. The molecule has 1 spiro atoms. The van der Waals surface area contributed by atoms with Crippen molar-refractivity contribution in [2.45, 2.75) is 82.0 Å². The van der Waals surface area contributed by atoms with Gasteiger partial charge < -0.3 is 21.1 Å². The molecule has 6 nitrogen and oxygen atoms in total. The van der Waals surface area contributed by atoms with Gasteiger partial charge in [0, 0.05) is 33.7 Å². The number of aliphatic hydroxyl groups is 1. The van der Waals surface area contributed by atoms with Gasteiger partial charge in [0.05, 0.1) is 11.6 Å². The van der Waals surface area contributed by atoms with Crippen LogP contribution >= 0.6 is 23.2 Å². The maximum absolute atomic E-state index is 14.1. The quantitative estimate of drug-likeness (QED) is 0.459. The number of anilines is 1. The van der Waals surface area contributed by atoms with Gasteiger partial charge in [-0.15, -0.1) is 0 Å². The van der Waals surface area contributed by atoms with Gasteiger partial charge in [0.25, 0.3) is 0 Å². The molecule has 0 bridgehead atoms. The van der Waals surface area contributed by atoms with Crippen molar-refractivity contribution >= 4 is 40.7 Å².